The molecule has 1 aliphatic heterocycles. The summed E-state index contributed by atoms with van der Waals surface area (Å²) in [4.78, 5) is 10.3. The molecule has 0 aromatic heterocycles. The van der Waals surface area contributed by atoms with Gasteiger partial charge in [-0.3, -0.25) is 10.1 Å². The lowest BCUT2D eigenvalue weighted by molar-refractivity contribution is -0.385. The summed E-state index contributed by atoms with van der Waals surface area (Å²) in [5, 5.41) is 14.1. The van der Waals surface area contributed by atoms with Crippen LogP contribution >= 0.6 is 0 Å². The van der Waals surface area contributed by atoms with Crippen molar-refractivity contribution in [3.63, 3.8) is 0 Å². The highest BCUT2D eigenvalue weighted by molar-refractivity contribution is 7.89. The number of nitrogens with one attached hydrogen (secondary N) is 1. The third-order valence-electron chi connectivity index (χ3n) is 4.53. The molecule has 0 bridgehead atoms. The molecular formula is C18H20FN3O4S. The van der Waals surface area contributed by atoms with E-state index in [1.165, 1.54) is 22.5 Å². The molecule has 0 atom stereocenters. The van der Waals surface area contributed by atoms with Gasteiger partial charge < -0.3 is 5.32 Å². The van der Waals surface area contributed by atoms with E-state index < -0.39 is 14.9 Å². The lowest BCUT2D eigenvalue weighted by Crippen LogP contribution is -2.28. The Kier molecular flexibility index (Phi) is 5.71. The van der Waals surface area contributed by atoms with Gasteiger partial charge in [0.25, 0.3) is 5.69 Å². The topological polar surface area (TPSA) is 92.5 Å². The number of nitro benzene ring substituents is 1. The van der Waals surface area contributed by atoms with Crippen molar-refractivity contribution in [2.24, 2.45) is 0 Å². The highest BCUT2D eigenvalue weighted by Crippen LogP contribution is 2.30. The number of benzene rings is 2. The quantitative estimate of drug-likeness (QED) is 0.576. The van der Waals surface area contributed by atoms with Crippen LogP contribution in [-0.2, 0) is 16.4 Å². The average molecular weight is 393 g/mol. The summed E-state index contributed by atoms with van der Waals surface area (Å²) < 4.78 is 40.9. The molecule has 144 valence electrons. The zero-order chi connectivity index (χ0) is 19.4. The van der Waals surface area contributed by atoms with E-state index in [0.717, 1.165) is 18.9 Å². The van der Waals surface area contributed by atoms with E-state index in [-0.39, 0.29) is 22.1 Å². The zero-order valence-corrected chi connectivity index (χ0v) is 15.4. The van der Waals surface area contributed by atoms with Crippen molar-refractivity contribution < 1.29 is 17.7 Å². The normalized spacial score (nSPS) is 15.0. The minimum Gasteiger partial charge on any atom is -0.384 e. The molecule has 0 aliphatic carbocycles. The zero-order valence-electron chi connectivity index (χ0n) is 14.6. The maximum absolute atomic E-state index is 13.7. The molecule has 1 saturated heterocycles. The van der Waals surface area contributed by atoms with Crippen LogP contribution in [0.3, 0.4) is 0 Å². The van der Waals surface area contributed by atoms with Gasteiger partial charge in [0.2, 0.25) is 10.0 Å². The number of hydrogen-bond acceptors (Lipinski definition) is 5. The first kappa shape index (κ1) is 19.2. The maximum atomic E-state index is 13.7. The summed E-state index contributed by atoms with van der Waals surface area (Å²) in [6.07, 6.45) is 1.89. The Balaban J connectivity index is 1.85. The summed E-state index contributed by atoms with van der Waals surface area (Å²) >= 11 is 0. The van der Waals surface area contributed by atoms with E-state index in [4.69, 9.17) is 0 Å². The van der Waals surface area contributed by atoms with E-state index in [0.29, 0.717) is 31.6 Å². The largest absolute Gasteiger partial charge is 0.384 e. The Morgan fingerprint density at radius 3 is 2.52 bits per heavy atom. The number of anilines is 1. The van der Waals surface area contributed by atoms with Gasteiger partial charge in [0.1, 0.15) is 10.7 Å². The smallest absolute Gasteiger partial charge is 0.270 e. The van der Waals surface area contributed by atoms with Crippen molar-refractivity contribution in [3.8, 4) is 0 Å². The fraction of sp³-hybridized carbons (Fsp3) is 0.333. The van der Waals surface area contributed by atoms with Gasteiger partial charge in [-0.15, -0.1) is 0 Å². The summed E-state index contributed by atoms with van der Waals surface area (Å²) in [5.74, 6) is -0.326. The molecule has 1 N–H and O–H groups in total. The first-order chi connectivity index (χ1) is 12.9. The lowest BCUT2D eigenvalue weighted by Gasteiger charge is -2.19. The van der Waals surface area contributed by atoms with Crippen LogP contribution in [0.2, 0.25) is 0 Å². The Morgan fingerprint density at radius 2 is 1.85 bits per heavy atom. The fourth-order valence-electron chi connectivity index (χ4n) is 3.08. The number of halogens is 1. The molecule has 0 saturated carbocycles. The van der Waals surface area contributed by atoms with Crippen molar-refractivity contribution in [3.05, 3.63) is 64.0 Å². The van der Waals surface area contributed by atoms with Crippen LogP contribution in [0.25, 0.3) is 0 Å². The molecule has 9 heteroatoms. The highest BCUT2D eigenvalue weighted by Gasteiger charge is 2.30. The van der Waals surface area contributed by atoms with Gasteiger partial charge in [0.15, 0.2) is 0 Å². The van der Waals surface area contributed by atoms with Gasteiger partial charge in [-0.2, -0.15) is 4.31 Å². The van der Waals surface area contributed by atoms with E-state index in [9.17, 15) is 22.9 Å². The number of nitro groups is 1. The maximum Gasteiger partial charge on any atom is 0.270 e. The van der Waals surface area contributed by atoms with Crippen molar-refractivity contribution in [1.82, 2.24) is 4.31 Å². The number of nitrogens with zero attached hydrogens (tertiary/aromatic N) is 2. The summed E-state index contributed by atoms with van der Waals surface area (Å²) in [7, 11) is -3.84. The lowest BCUT2D eigenvalue weighted by atomic mass is 10.1. The van der Waals surface area contributed by atoms with E-state index >= 15 is 0 Å². The third kappa shape index (κ3) is 4.25. The molecule has 1 fully saturated rings. The second-order valence-corrected chi connectivity index (χ2v) is 8.22. The molecule has 0 radical (unpaired) electrons. The number of sulfonamides is 1. The van der Waals surface area contributed by atoms with Crippen LogP contribution in [0.4, 0.5) is 15.8 Å². The van der Waals surface area contributed by atoms with Crippen LogP contribution in [0.5, 0.6) is 0 Å². The average Bonchev–Trinajstić information content (AvgIpc) is 3.19. The first-order valence-electron chi connectivity index (χ1n) is 8.65. The minimum atomic E-state index is -3.84. The monoisotopic (exact) mass is 393 g/mol. The molecule has 1 heterocycles. The van der Waals surface area contributed by atoms with Crippen LogP contribution in [0, 0.1) is 15.9 Å². The number of hydrogen-bond donors (Lipinski definition) is 1. The van der Waals surface area contributed by atoms with Gasteiger partial charge in [0.05, 0.1) is 10.6 Å². The SMILES string of the molecule is O=[N+]([O-])c1ccc(NCCc2ccccc2F)c(S(=O)(=O)N2CCCC2)c1. The second-order valence-electron chi connectivity index (χ2n) is 6.32. The van der Waals surface area contributed by atoms with Crippen LogP contribution in [0.15, 0.2) is 47.4 Å². The summed E-state index contributed by atoms with van der Waals surface area (Å²) in [6.45, 7) is 1.10. The predicted molar refractivity (Wildman–Crippen MR) is 99.7 cm³/mol. The van der Waals surface area contributed by atoms with Crippen molar-refractivity contribution >= 4 is 21.4 Å². The minimum absolute atomic E-state index is 0.118. The Morgan fingerprint density at radius 1 is 1.15 bits per heavy atom. The molecule has 27 heavy (non-hydrogen) atoms. The molecule has 1 aliphatic rings. The van der Waals surface area contributed by atoms with Gasteiger partial charge in [-0.25, -0.2) is 12.8 Å². The molecule has 3 rings (SSSR count). The van der Waals surface area contributed by atoms with Crippen molar-refractivity contribution in [2.75, 3.05) is 25.0 Å². The first-order valence-corrected chi connectivity index (χ1v) is 10.1. The number of rotatable bonds is 7. The second kappa shape index (κ2) is 8.01. The van der Waals surface area contributed by atoms with Crippen LogP contribution in [0.1, 0.15) is 18.4 Å². The van der Waals surface area contributed by atoms with Gasteiger partial charge in [-0.05, 0) is 37.0 Å². The molecule has 0 amide bonds. The van der Waals surface area contributed by atoms with E-state index in [1.54, 1.807) is 18.2 Å². The Labute approximate surface area is 157 Å². The van der Waals surface area contributed by atoms with Crippen LogP contribution < -0.4 is 5.32 Å². The van der Waals surface area contributed by atoms with Gasteiger partial charge in [-0.1, -0.05) is 18.2 Å². The Hall–Kier alpha value is -2.52. The fourth-order valence-corrected chi connectivity index (χ4v) is 4.79. The highest BCUT2D eigenvalue weighted by atomic mass is 32.2. The molecule has 2 aromatic carbocycles. The van der Waals surface area contributed by atoms with E-state index in [2.05, 4.69) is 5.32 Å². The van der Waals surface area contributed by atoms with Crippen molar-refractivity contribution in [1.29, 1.82) is 0 Å². The van der Waals surface area contributed by atoms with E-state index in [1.807, 2.05) is 0 Å². The van der Waals surface area contributed by atoms with Gasteiger partial charge in [0, 0.05) is 31.8 Å². The number of non-ortho nitro benzene ring substituents is 1. The summed E-state index contributed by atoms with van der Waals surface area (Å²) in [6, 6.07) is 10.1. The molecule has 0 spiro atoms. The predicted octanol–water partition coefficient (Wildman–Crippen LogP) is 3.17. The van der Waals surface area contributed by atoms with Gasteiger partial charge >= 0.3 is 0 Å². The molecular weight excluding hydrogens is 373 g/mol. The third-order valence-corrected chi connectivity index (χ3v) is 6.47. The molecule has 7 nitrogen and oxygen atoms in total. The molecule has 0 unspecified atom stereocenters. The van der Waals surface area contributed by atoms with Crippen LogP contribution in [-0.4, -0.2) is 37.3 Å². The molecule has 2 aromatic rings. The van der Waals surface area contributed by atoms with Crippen molar-refractivity contribution in [2.45, 2.75) is 24.2 Å². The summed E-state index contributed by atoms with van der Waals surface area (Å²) in [5.41, 5.74) is 0.507. The Bertz CT molecular complexity index is 943. The standard InChI is InChI=1S/C18H20FN3O4S/c19-16-6-2-1-5-14(16)9-10-20-17-8-7-15(22(23)24)13-18(17)27(25,26)21-11-3-4-12-21/h1-2,5-8,13,20H,3-4,9-12H2.